The molecule has 0 unspecified atom stereocenters. The van der Waals surface area contributed by atoms with Gasteiger partial charge in [-0.2, -0.15) is 0 Å². The van der Waals surface area contributed by atoms with Crippen molar-refractivity contribution in [1.29, 1.82) is 0 Å². The molecular formula is C23H34N4OS. The van der Waals surface area contributed by atoms with Crippen LogP contribution >= 0.6 is 12.2 Å². The number of hydrogen-bond acceptors (Lipinski definition) is 3. The zero-order valence-corrected chi connectivity index (χ0v) is 19.2. The minimum absolute atomic E-state index is 0.0700. The van der Waals surface area contributed by atoms with Gasteiger partial charge in [-0.3, -0.25) is 4.79 Å². The summed E-state index contributed by atoms with van der Waals surface area (Å²) in [6, 6.07) is 4.52. The highest BCUT2D eigenvalue weighted by molar-refractivity contribution is 7.80. The first-order valence-corrected chi connectivity index (χ1v) is 10.9. The van der Waals surface area contributed by atoms with Crippen molar-refractivity contribution in [2.75, 3.05) is 13.6 Å². The van der Waals surface area contributed by atoms with Gasteiger partial charge in [0, 0.05) is 26.1 Å². The number of aryl methyl sites for hydroxylation is 2. The highest BCUT2D eigenvalue weighted by Crippen LogP contribution is 2.24. The predicted octanol–water partition coefficient (Wildman–Crippen LogP) is 4.34. The minimum Gasteiger partial charge on any atom is -0.366 e. The summed E-state index contributed by atoms with van der Waals surface area (Å²) in [6.45, 7) is 9.00. The topological polar surface area (TPSA) is 56.7 Å². The first-order chi connectivity index (χ1) is 13.8. The second-order valence-corrected chi connectivity index (χ2v) is 8.26. The molecule has 158 valence electrons. The Morgan fingerprint density at radius 2 is 1.97 bits per heavy atom. The molecule has 0 radical (unpaired) electrons. The molecule has 6 heteroatoms. The normalized spacial score (nSPS) is 15.0. The fraction of sp³-hybridized carbons (Fsp3) is 0.522. The van der Waals surface area contributed by atoms with Crippen molar-refractivity contribution in [3.8, 4) is 0 Å². The first kappa shape index (κ1) is 23.1. The second kappa shape index (κ2) is 11.1. The van der Waals surface area contributed by atoms with E-state index in [1.807, 2.05) is 25.2 Å². The molecule has 1 aliphatic rings. The number of hydrogen-bond donors (Lipinski definition) is 2. The highest BCUT2D eigenvalue weighted by Gasteiger charge is 2.19. The molecule has 1 aromatic carbocycles. The Kier molecular flexibility index (Phi) is 8.83. The maximum atomic E-state index is 12.5. The predicted molar refractivity (Wildman–Crippen MR) is 126 cm³/mol. The van der Waals surface area contributed by atoms with Gasteiger partial charge in [0.15, 0.2) is 0 Å². The number of rotatable bonds is 8. The number of nitrogens with zero attached hydrogens (tertiary/aromatic N) is 2. The maximum absolute atomic E-state index is 12.5. The molecule has 5 nitrogen and oxygen atoms in total. The summed E-state index contributed by atoms with van der Waals surface area (Å²) in [5.74, 6) is -0.0700. The number of amides is 1. The van der Waals surface area contributed by atoms with Gasteiger partial charge in [-0.05, 0) is 63.3 Å². The number of allylic oxidation sites excluding steroid dienone is 1. The third-order valence-corrected chi connectivity index (χ3v) is 5.64. The molecule has 1 saturated carbocycles. The molecule has 29 heavy (non-hydrogen) atoms. The lowest BCUT2D eigenvalue weighted by atomic mass is 10.0. The summed E-state index contributed by atoms with van der Waals surface area (Å²) in [5.41, 5.74) is 4.90. The Morgan fingerprint density at radius 3 is 2.59 bits per heavy atom. The fourth-order valence-corrected chi connectivity index (χ4v) is 3.66. The molecule has 2 N–H and O–H groups in total. The van der Waals surface area contributed by atoms with E-state index in [4.69, 9.17) is 12.2 Å². The molecule has 1 amide bonds. The van der Waals surface area contributed by atoms with Crippen LogP contribution in [0.15, 0.2) is 28.9 Å². The van der Waals surface area contributed by atoms with Gasteiger partial charge in [-0.1, -0.05) is 37.2 Å². The Bertz CT molecular complexity index is 794. The highest BCUT2D eigenvalue weighted by atomic mass is 32.1. The van der Waals surface area contributed by atoms with E-state index < -0.39 is 0 Å². The molecule has 1 fully saturated rings. The van der Waals surface area contributed by atoms with Crippen LogP contribution in [0.2, 0.25) is 0 Å². The summed E-state index contributed by atoms with van der Waals surface area (Å²) in [4.78, 5) is 19.8. The molecule has 0 aliphatic heterocycles. The number of carbonyl (C=O) groups is 1. The van der Waals surface area contributed by atoms with Crippen LogP contribution in [-0.2, 0) is 11.2 Å². The van der Waals surface area contributed by atoms with Gasteiger partial charge in [0.25, 0.3) is 5.91 Å². The summed E-state index contributed by atoms with van der Waals surface area (Å²) >= 11 is 5.55. The van der Waals surface area contributed by atoms with Gasteiger partial charge < -0.3 is 15.5 Å². The average Bonchev–Trinajstić information content (AvgIpc) is 3.20. The summed E-state index contributed by atoms with van der Waals surface area (Å²) in [6.07, 6.45) is 8.74. The largest absolute Gasteiger partial charge is 0.366 e. The molecule has 0 saturated heterocycles. The van der Waals surface area contributed by atoms with Gasteiger partial charge >= 0.3 is 0 Å². The summed E-state index contributed by atoms with van der Waals surface area (Å²) in [7, 11) is 2.01. The fourth-order valence-electron chi connectivity index (χ4n) is 3.39. The molecule has 2 rings (SSSR count). The van der Waals surface area contributed by atoms with Gasteiger partial charge in [-0.25, -0.2) is 4.99 Å². The van der Waals surface area contributed by atoms with E-state index in [2.05, 4.69) is 48.5 Å². The van der Waals surface area contributed by atoms with Crippen molar-refractivity contribution in [1.82, 2.24) is 15.5 Å². The van der Waals surface area contributed by atoms with E-state index in [0.29, 0.717) is 17.1 Å². The lowest BCUT2D eigenvalue weighted by molar-refractivity contribution is -0.118. The Morgan fingerprint density at radius 1 is 1.28 bits per heavy atom. The molecule has 0 atom stereocenters. The zero-order valence-electron chi connectivity index (χ0n) is 18.3. The Balaban J connectivity index is 2.01. The van der Waals surface area contributed by atoms with Crippen molar-refractivity contribution in [2.45, 2.75) is 65.8 Å². The van der Waals surface area contributed by atoms with Gasteiger partial charge in [0.2, 0.25) is 0 Å². The van der Waals surface area contributed by atoms with Crippen molar-refractivity contribution >= 4 is 35.1 Å². The van der Waals surface area contributed by atoms with Crippen molar-refractivity contribution in [3.05, 3.63) is 40.6 Å². The number of nitrogens with one attached hydrogen (secondary N) is 2. The number of carbonyl (C=O) groups excluding carboxylic acids is 1. The van der Waals surface area contributed by atoms with E-state index >= 15 is 0 Å². The molecule has 1 aliphatic carbocycles. The standard InChI is InChI=1S/C23H34N4OS/c1-6-20(23(28)25-19-10-8-9-11-19)26-22(29)14-18-12-17(4)21(13-16(18)3)24-15-27(5)7-2/h6,12-13,15,19H,7-11,14H2,1-5H3,(H,25,28)(H,26,29)/b20-6-,24-15?. The van der Waals surface area contributed by atoms with E-state index in [0.717, 1.165) is 41.8 Å². The molecule has 0 spiro atoms. The van der Waals surface area contributed by atoms with Crippen LogP contribution in [0.5, 0.6) is 0 Å². The van der Waals surface area contributed by atoms with Gasteiger partial charge in [0.05, 0.1) is 17.0 Å². The molecule has 0 heterocycles. The van der Waals surface area contributed by atoms with E-state index in [9.17, 15) is 4.79 Å². The number of benzene rings is 1. The van der Waals surface area contributed by atoms with E-state index in [-0.39, 0.29) is 11.9 Å². The number of thiocarbonyl (C=S) groups is 1. The Labute approximate surface area is 180 Å². The van der Waals surface area contributed by atoms with Crippen LogP contribution in [0.4, 0.5) is 5.69 Å². The Hall–Kier alpha value is -2.21. The van der Waals surface area contributed by atoms with Crippen LogP contribution < -0.4 is 10.6 Å². The van der Waals surface area contributed by atoms with Crippen molar-refractivity contribution in [3.63, 3.8) is 0 Å². The SMILES string of the molecule is C/C=C(\NC(=S)Cc1cc(C)c(N=CN(C)CC)cc1C)C(=O)NC1CCCC1. The van der Waals surface area contributed by atoms with Crippen molar-refractivity contribution in [2.24, 2.45) is 4.99 Å². The average molecular weight is 415 g/mol. The third kappa shape index (κ3) is 6.96. The molecule has 0 aromatic heterocycles. The third-order valence-electron chi connectivity index (χ3n) is 5.40. The van der Waals surface area contributed by atoms with Gasteiger partial charge in [-0.15, -0.1) is 0 Å². The lowest BCUT2D eigenvalue weighted by Crippen LogP contribution is -2.39. The van der Waals surface area contributed by atoms with Crippen LogP contribution in [0, 0.1) is 13.8 Å². The number of aliphatic imine (C=N–C) groups is 1. The van der Waals surface area contributed by atoms with Crippen molar-refractivity contribution < 1.29 is 4.79 Å². The van der Waals surface area contributed by atoms with Crippen LogP contribution in [0.1, 0.15) is 56.2 Å². The zero-order chi connectivity index (χ0) is 21.4. The van der Waals surface area contributed by atoms with Gasteiger partial charge in [0.1, 0.15) is 5.70 Å². The molecule has 0 bridgehead atoms. The van der Waals surface area contributed by atoms with Crippen LogP contribution in [-0.4, -0.2) is 41.8 Å². The minimum atomic E-state index is -0.0700. The molecular weight excluding hydrogens is 380 g/mol. The lowest BCUT2D eigenvalue weighted by Gasteiger charge is -2.17. The quantitative estimate of drug-likeness (QED) is 0.288. The second-order valence-electron chi connectivity index (χ2n) is 7.77. The van der Waals surface area contributed by atoms with E-state index in [1.165, 1.54) is 12.8 Å². The first-order valence-electron chi connectivity index (χ1n) is 10.5. The van der Waals surface area contributed by atoms with E-state index in [1.54, 1.807) is 6.08 Å². The summed E-state index contributed by atoms with van der Waals surface area (Å²) in [5, 5.41) is 6.25. The maximum Gasteiger partial charge on any atom is 0.267 e. The van der Waals surface area contributed by atoms with Crippen LogP contribution in [0.3, 0.4) is 0 Å². The monoisotopic (exact) mass is 414 g/mol. The summed E-state index contributed by atoms with van der Waals surface area (Å²) < 4.78 is 0. The van der Waals surface area contributed by atoms with Crippen LogP contribution in [0.25, 0.3) is 0 Å². The smallest absolute Gasteiger partial charge is 0.267 e. The molecule has 1 aromatic rings.